The summed E-state index contributed by atoms with van der Waals surface area (Å²) in [5.41, 5.74) is 1.13. The van der Waals surface area contributed by atoms with E-state index in [0.717, 1.165) is 25.7 Å². The smallest absolute Gasteiger partial charge is 0.306 e. The van der Waals surface area contributed by atoms with Gasteiger partial charge in [-0.05, 0) is 61.9 Å². The Morgan fingerprint density at radius 2 is 1.97 bits per heavy atom. The molecule has 2 spiro atoms. The first-order chi connectivity index (χ1) is 14.3. The number of carbonyl (C=O) groups excluding carboxylic acids is 2. The molecule has 0 radical (unpaired) electrons. The molecule has 2 aliphatic heterocycles. The summed E-state index contributed by atoms with van der Waals surface area (Å²) in [6.07, 6.45) is 11.1. The van der Waals surface area contributed by atoms with Crippen LogP contribution in [0, 0.1) is 40.4 Å². The lowest BCUT2D eigenvalue weighted by Crippen LogP contribution is -2.63. The first-order valence-corrected chi connectivity index (χ1v) is 12.4. The number of esters is 1. The predicted molar refractivity (Wildman–Crippen MR) is 110 cm³/mol. The first kappa shape index (κ1) is 18.4. The minimum absolute atomic E-state index is 0.00824. The van der Waals surface area contributed by atoms with Crippen LogP contribution < -0.4 is 0 Å². The third-order valence-electron chi connectivity index (χ3n) is 11.3. The van der Waals surface area contributed by atoms with Gasteiger partial charge in [0, 0.05) is 29.6 Å². The normalized spacial score (nSPS) is 59.5. The maximum absolute atomic E-state index is 12.3. The molecule has 7 rings (SSSR count). The molecule has 2 saturated heterocycles. The number of fused-ring (bicyclic) bond motifs is 7. The molecule has 7 aliphatic rings. The lowest BCUT2D eigenvalue weighted by molar-refractivity contribution is -0.174. The molecule has 4 saturated carbocycles. The molecule has 0 amide bonds. The molecule has 0 aromatic rings. The van der Waals surface area contributed by atoms with Crippen LogP contribution in [0.25, 0.3) is 0 Å². The van der Waals surface area contributed by atoms with Crippen LogP contribution in [-0.2, 0) is 19.1 Å². The maximum Gasteiger partial charge on any atom is 0.306 e. The second-order valence-electron chi connectivity index (χ2n) is 12.2. The van der Waals surface area contributed by atoms with Crippen molar-refractivity contribution in [3.8, 4) is 0 Å². The van der Waals surface area contributed by atoms with Crippen LogP contribution in [0.5, 0.6) is 0 Å². The third-order valence-corrected chi connectivity index (χ3v) is 11.3. The van der Waals surface area contributed by atoms with Crippen LogP contribution in [0.3, 0.4) is 0 Å². The van der Waals surface area contributed by atoms with Gasteiger partial charge in [-0.3, -0.25) is 9.59 Å². The number of hydrogen-bond acceptors (Lipinski definition) is 4. The summed E-state index contributed by atoms with van der Waals surface area (Å²) >= 11 is 0. The minimum atomic E-state index is -0.228. The second kappa shape index (κ2) is 5.24. The van der Waals surface area contributed by atoms with Gasteiger partial charge < -0.3 is 9.47 Å². The molecule has 4 nitrogen and oxygen atoms in total. The number of ketones is 1. The molecule has 0 bridgehead atoms. The highest BCUT2D eigenvalue weighted by Gasteiger charge is 2.87. The van der Waals surface area contributed by atoms with Crippen molar-refractivity contribution < 1.29 is 19.1 Å². The fraction of sp³-hybridized carbons (Fsp3) is 0.846. The SMILES string of the molecule is CCC[C@@H]1CC2=CC(=O)CC[C@]2(C)C23O[C@H]2C[C@@]2(C)C(C13)[C@@H]1C[C@@H]1[C@@]21CCC(=O)O1. The Hall–Kier alpha value is -1.16. The summed E-state index contributed by atoms with van der Waals surface area (Å²) in [4.78, 5) is 24.6. The third kappa shape index (κ3) is 1.76. The van der Waals surface area contributed by atoms with E-state index in [-0.39, 0.29) is 34.1 Å². The summed E-state index contributed by atoms with van der Waals surface area (Å²) in [6.45, 7) is 7.16. The van der Waals surface area contributed by atoms with E-state index in [2.05, 4.69) is 20.8 Å². The number of ether oxygens (including phenoxy) is 2. The van der Waals surface area contributed by atoms with Gasteiger partial charge in [0.15, 0.2) is 5.78 Å². The zero-order valence-corrected chi connectivity index (χ0v) is 18.5. The van der Waals surface area contributed by atoms with E-state index in [1.165, 1.54) is 24.8 Å². The van der Waals surface area contributed by atoms with Crippen LogP contribution in [0.15, 0.2) is 11.6 Å². The van der Waals surface area contributed by atoms with Crippen LogP contribution >= 0.6 is 0 Å². The van der Waals surface area contributed by atoms with E-state index in [0.29, 0.717) is 48.2 Å². The zero-order chi connectivity index (χ0) is 20.7. The summed E-state index contributed by atoms with van der Waals surface area (Å²) in [5.74, 6) is 3.34. The Morgan fingerprint density at radius 3 is 2.70 bits per heavy atom. The van der Waals surface area contributed by atoms with Crippen molar-refractivity contribution in [3.05, 3.63) is 11.6 Å². The van der Waals surface area contributed by atoms with E-state index >= 15 is 0 Å². The molecule has 4 heteroatoms. The summed E-state index contributed by atoms with van der Waals surface area (Å²) in [6, 6.07) is 0. The highest BCUT2D eigenvalue weighted by atomic mass is 16.6. The lowest BCUT2D eigenvalue weighted by Gasteiger charge is -2.60. The average Bonchev–Trinajstić information content (AvgIpc) is 3.57. The van der Waals surface area contributed by atoms with Gasteiger partial charge in [0.2, 0.25) is 0 Å². The molecule has 0 aromatic heterocycles. The van der Waals surface area contributed by atoms with Crippen molar-refractivity contribution in [2.45, 2.75) is 95.9 Å². The van der Waals surface area contributed by atoms with Gasteiger partial charge in [0.1, 0.15) is 11.2 Å². The van der Waals surface area contributed by atoms with Crippen molar-refractivity contribution in [2.75, 3.05) is 0 Å². The first-order valence-electron chi connectivity index (χ1n) is 12.4. The number of hydrogen-bond donors (Lipinski definition) is 0. The number of rotatable bonds is 2. The summed E-state index contributed by atoms with van der Waals surface area (Å²) in [7, 11) is 0. The Morgan fingerprint density at radius 1 is 1.13 bits per heavy atom. The second-order valence-corrected chi connectivity index (χ2v) is 12.2. The van der Waals surface area contributed by atoms with Gasteiger partial charge in [0.25, 0.3) is 0 Å². The van der Waals surface area contributed by atoms with E-state index in [9.17, 15) is 9.59 Å². The lowest BCUT2D eigenvalue weighted by atomic mass is 9.42. The molecule has 3 unspecified atom stereocenters. The molecule has 0 aromatic carbocycles. The number of epoxide rings is 1. The predicted octanol–water partition coefficient (Wildman–Crippen LogP) is 4.61. The molecule has 30 heavy (non-hydrogen) atoms. The van der Waals surface area contributed by atoms with E-state index in [4.69, 9.17) is 9.47 Å². The van der Waals surface area contributed by atoms with E-state index in [1.807, 2.05) is 6.08 Å². The number of carbonyl (C=O) groups is 2. The maximum atomic E-state index is 12.3. The molecule has 10 atom stereocenters. The van der Waals surface area contributed by atoms with E-state index < -0.39 is 0 Å². The summed E-state index contributed by atoms with van der Waals surface area (Å²) in [5, 5.41) is 0. The average molecular weight is 411 g/mol. The van der Waals surface area contributed by atoms with E-state index in [1.54, 1.807) is 0 Å². The molecule has 0 N–H and O–H groups in total. The quantitative estimate of drug-likeness (QED) is 0.493. The van der Waals surface area contributed by atoms with Gasteiger partial charge in [-0.1, -0.05) is 39.2 Å². The molecule has 5 aliphatic carbocycles. The molecular formula is C26H34O4. The molecule has 162 valence electrons. The van der Waals surface area contributed by atoms with Gasteiger partial charge >= 0.3 is 5.97 Å². The van der Waals surface area contributed by atoms with Crippen molar-refractivity contribution in [1.29, 1.82) is 0 Å². The van der Waals surface area contributed by atoms with Crippen LogP contribution in [0.1, 0.15) is 78.6 Å². The summed E-state index contributed by atoms with van der Waals surface area (Å²) < 4.78 is 13.1. The minimum Gasteiger partial charge on any atom is -0.458 e. The Labute approximate surface area is 179 Å². The van der Waals surface area contributed by atoms with Gasteiger partial charge in [-0.2, -0.15) is 0 Å². The van der Waals surface area contributed by atoms with Crippen molar-refractivity contribution >= 4 is 11.8 Å². The molecule has 6 fully saturated rings. The Balaban J connectivity index is 1.38. The standard InChI is InChI=1S/C26H34O4/c1-4-5-14-10-15-11-16(27)6-8-23(15,2)26-19(29-26)13-24(3)22(21(14)26)17-12-18(17)25(24)9-7-20(28)30-25/h11,14,17-19,21-22H,4-10,12-13H2,1-3H3/t14-,17-,18+,19+,21?,22?,23+,24+,25+,26?/m1/s1. The van der Waals surface area contributed by atoms with Crippen LogP contribution in [-0.4, -0.2) is 29.1 Å². The fourth-order valence-corrected chi connectivity index (χ4v) is 10.1. The Bertz CT molecular complexity index is 907. The van der Waals surface area contributed by atoms with Crippen molar-refractivity contribution in [1.82, 2.24) is 0 Å². The highest BCUT2D eigenvalue weighted by molar-refractivity contribution is 5.92. The van der Waals surface area contributed by atoms with Gasteiger partial charge in [-0.15, -0.1) is 0 Å². The van der Waals surface area contributed by atoms with Crippen molar-refractivity contribution in [2.24, 2.45) is 40.4 Å². The molecular weight excluding hydrogens is 376 g/mol. The topological polar surface area (TPSA) is 55.9 Å². The van der Waals surface area contributed by atoms with Gasteiger partial charge in [-0.25, -0.2) is 0 Å². The highest BCUT2D eigenvalue weighted by Crippen LogP contribution is 2.84. The molecule has 2 heterocycles. The zero-order valence-electron chi connectivity index (χ0n) is 18.5. The van der Waals surface area contributed by atoms with Crippen LogP contribution in [0.4, 0.5) is 0 Å². The van der Waals surface area contributed by atoms with Gasteiger partial charge in [0.05, 0.1) is 6.10 Å². The largest absolute Gasteiger partial charge is 0.458 e. The fourth-order valence-electron chi connectivity index (χ4n) is 10.1. The Kier molecular flexibility index (Phi) is 3.22. The van der Waals surface area contributed by atoms with Crippen LogP contribution in [0.2, 0.25) is 0 Å². The monoisotopic (exact) mass is 410 g/mol. The van der Waals surface area contributed by atoms with Crippen molar-refractivity contribution in [3.63, 3.8) is 0 Å².